The fourth-order valence-electron chi connectivity index (χ4n) is 1.85. The number of nitrogens with two attached hydrogens (primary N) is 1. The summed E-state index contributed by atoms with van der Waals surface area (Å²) in [5, 5.41) is 1.82. The molecule has 0 amide bonds. The lowest BCUT2D eigenvalue weighted by Gasteiger charge is -2.28. The summed E-state index contributed by atoms with van der Waals surface area (Å²) in [5.41, 5.74) is 4.14. The molecule has 3 nitrogen and oxygen atoms in total. The van der Waals surface area contributed by atoms with E-state index in [1.54, 1.807) is 11.3 Å². The lowest BCUT2D eigenvalue weighted by molar-refractivity contribution is 0.522. The van der Waals surface area contributed by atoms with Crippen LogP contribution in [0.4, 0.5) is 0 Å². The number of aromatic nitrogens is 1. The molecule has 0 bridgehead atoms. The second kappa shape index (κ2) is 6.43. The van der Waals surface area contributed by atoms with Gasteiger partial charge in [0.2, 0.25) is 0 Å². The van der Waals surface area contributed by atoms with E-state index in [1.165, 1.54) is 27.1 Å². The van der Waals surface area contributed by atoms with E-state index >= 15 is 0 Å². The zero-order chi connectivity index (χ0) is 12.3. The number of nitrogens with one attached hydrogen (secondary N) is 1. The van der Waals surface area contributed by atoms with Crippen LogP contribution in [0.2, 0.25) is 0 Å². The van der Waals surface area contributed by atoms with Crippen LogP contribution in [0, 0.1) is 13.8 Å². The average molecular weight is 289 g/mol. The van der Waals surface area contributed by atoms with Crippen molar-refractivity contribution < 1.29 is 0 Å². The Morgan fingerprint density at radius 2 is 2.29 bits per heavy atom. The number of aryl methyl sites for hydroxylation is 2. The largest absolute Gasteiger partial charge is 0.271 e. The minimum atomic E-state index is 0.345. The summed E-state index contributed by atoms with van der Waals surface area (Å²) in [7, 11) is 0. The Labute approximate surface area is 115 Å². The minimum Gasteiger partial charge on any atom is -0.271 e. The Hall–Kier alpha value is 0.250. The third-order valence-electron chi connectivity index (χ3n) is 2.97. The van der Waals surface area contributed by atoms with E-state index < -0.39 is 0 Å². The highest BCUT2D eigenvalue weighted by Crippen LogP contribution is 2.28. The molecular formula is C11H19N3S3. The Balaban J connectivity index is 1.98. The highest BCUT2D eigenvalue weighted by molar-refractivity contribution is 8.06. The van der Waals surface area contributed by atoms with Crippen LogP contribution in [0.3, 0.4) is 0 Å². The summed E-state index contributed by atoms with van der Waals surface area (Å²) in [5.74, 6) is 9.41. The Kier molecular flexibility index (Phi) is 5.17. The van der Waals surface area contributed by atoms with Crippen molar-refractivity contribution in [1.82, 2.24) is 10.4 Å². The predicted molar refractivity (Wildman–Crippen MR) is 80.0 cm³/mol. The van der Waals surface area contributed by atoms with Gasteiger partial charge in [-0.1, -0.05) is 0 Å². The Morgan fingerprint density at radius 3 is 2.82 bits per heavy atom. The number of nitrogens with zero attached hydrogens (tertiary/aromatic N) is 1. The van der Waals surface area contributed by atoms with Crippen molar-refractivity contribution in [3.8, 4) is 0 Å². The van der Waals surface area contributed by atoms with Gasteiger partial charge in [-0.25, -0.2) is 4.98 Å². The molecule has 0 spiro atoms. The Morgan fingerprint density at radius 1 is 1.47 bits per heavy atom. The number of rotatable bonds is 4. The molecule has 0 saturated carbocycles. The highest BCUT2D eigenvalue weighted by Gasteiger charge is 2.25. The van der Waals surface area contributed by atoms with Crippen molar-refractivity contribution in [3.63, 3.8) is 0 Å². The molecule has 3 N–H and O–H groups in total. The number of thioether (sulfide) groups is 2. The van der Waals surface area contributed by atoms with Crippen molar-refractivity contribution in [2.75, 3.05) is 17.3 Å². The second-order valence-electron chi connectivity index (χ2n) is 4.21. The summed E-state index contributed by atoms with van der Waals surface area (Å²) in [6, 6.07) is 0.345. The van der Waals surface area contributed by atoms with Gasteiger partial charge in [0.05, 0.1) is 10.7 Å². The molecule has 17 heavy (non-hydrogen) atoms. The van der Waals surface area contributed by atoms with Gasteiger partial charge in [-0.05, 0) is 13.8 Å². The molecule has 0 aromatic carbocycles. The van der Waals surface area contributed by atoms with Crippen LogP contribution in [0.1, 0.15) is 15.6 Å². The summed E-state index contributed by atoms with van der Waals surface area (Å²) < 4.78 is 0. The van der Waals surface area contributed by atoms with Gasteiger partial charge in [0.25, 0.3) is 0 Å². The van der Waals surface area contributed by atoms with Crippen LogP contribution < -0.4 is 11.3 Å². The molecule has 2 atom stereocenters. The number of hydrazine groups is 1. The standard InChI is InChI=1S/C11H19N3S3/c1-7-8(2)17-11(13-7)5-9(14-12)10-6-15-3-4-16-10/h9-10,14H,3-6,12H2,1-2H3. The second-order valence-corrected chi connectivity index (χ2v) is 8.00. The average Bonchev–Trinajstić information content (AvgIpc) is 2.67. The molecule has 6 heteroatoms. The van der Waals surface area contributed by atoms with Gasteiger partial charge in [0.15, 0.2) is 0 Å². The van der Waals surface area contributed by atoms with Gasteiger partial charge >= 0.3 is 0 Å². The van der Waals surface area contributed by atoms with E-state index in [1.807, 2.05) is 23.5 Å². The van der Waals surface area contributed by atoms with Gasteiger partial charge in [0.1, 0.15) is 0 Å². The molecule has 96 valence electrons. The molecule has 1 saturated heterocycles. The minimum absolute atomic E-state index is 0.345. The summed E-state index contributed by atoms with van der Waals surface area (Å²) >= 11 is 5.87. The highest BCUT2D eigenvalue weighted by atomic mass is 32.2. The number of hydrogen-bond acceptors (Lipinski definition) is 6. The smallest absolute Gasteiger partial charge is 0.0947 e. The SMILES string of the molecule is Cc1nc(CC(NN)C2CSCCS2)sc1C. The summed E-state index contributed by atoms with van der Waals surface area (Å²) in [6.45, 7) is 4.21. The first-order valence-corrected chi connectivity index (χ1v) is 8.81. The molecule has 1 aliphatic heterocycles. The van der Waals surface area contributed by atoms with Crippen molar-refractivity contribution in [1.29, 1.82) is 0 Å². The zero-order valence-corrected chi connectivity index (χ0v) is 12.7. The maximum Gasteiger partial charge on any atom is 0.0947 e. The van der Waals surface area contributed by atoms with Gasteiger partial charge in [0, 0.05) is 39.8 Å². The van der Waals surface area contributed by atoms with E-state index in [9.17, 15) is 0 Å². The van der Waals surface area contributed by atoms with Gasteiger partial charge in [-0.3, -0.25) is 11.3 Å². The molecule has 1 aromatic heterocycles. The fourth-order valence-corrected chi connectivity index (χ4v) is 5.71. The van der Waals surface area contributed by atoms with Gasteiger partial charge in [-0.2, -0.15) is 23.5 Å². The third kappa shape index (κ3) is 3.61. The van der Waals surface area contributed by atoms with Crippen LogP contribution >= 0.6 is 34.9 Å². The van der Waals surface area contributed by atoms with Crippen molar-refractivity contribution in [2.24, 2.45) is 5.84 Å². The first-order chi connectivity index (χ1) is 8.20. The molecule has 2 heterocycles. The van der Waals surface area contributed by atoms with Gasteiger partial charge < -0.3 is 0 Å². The third-order valence-corrected chi connectivity index (χ3v) is 6.99. The number of hydrogen-bond donors (Lipinski definition) is 2. The van der Waals surface area contributed by atoms with Crippen molar-refractivity contribution in [3.05, 3.63) is 15.6 Å². The molecule has 1 fully saturated rings. The summed E-state index contributed by atoms with van der Waals surface area (Å²) in [6.07, 6.45) is 0.952. The van der Waals surface area contributed by atoms with Crippen LogP contribution in [0.5, 0.6) is 0 Å². The van der Waals surface area contributed by atoms with E-state index in [-0.39, 0.29) is 0 Å². The Bertz CT molecular complexity index is 341. The molecule has 0 radical (unpaired) electrons. The lowest BCUT2D eigenvalue weighted by Crippen LogP contribution is -2.46. The molecule has 2 rings (SSSR count). The quantitative estimate of drug-likeness (QED) is 0.656. The maximum atomic E-state index is 5.70. The molecule has 1 aliphatic rings. The van der Waals surface area contributed by atoms with Crippen LogP contribution in [-0.4, -0.2) is 33.5 Å². The first-order valence-electron chi connectivity index (χ1n) is 5.79. The lowest BCUT2D eigenvalue weighted by atomic mass is 10.1. The molecule has 2 unspecified atom stereocenters. The van der Waals surface area contributed by atoms with Crippen LogP contribution in [-0.2, 0) is 6.42 Å². The van der Waals surface area contributed by atoms with Gasteiger partial charge in [-0.15, -0.1) is 11.3 Å². The maximum absolute atomic E-state index is 5.70. The fraction of sp³-hybridized carbons (Fsp3) is 0.727. The first kappa shape index (κ1) is 13.7. The number of thiazole rings is 1. The van der Waals surface area contributed by atoms with E-state index in [0.29, 0.717) is 11.3 Å². The normalized spacial score (nSPS) is 22.6. The van der Waals surface area contributed by atoms with E-state index in [0.717, 1.165) is 12.1 Å². The summed E-state index contributed by atoms with van der Waals surface area (Å²) in [4.78, 5) is 5.92. The topological polar surface area (TPSA) is 50.9 Å². The molecule has 0 aliphatic carbocycles. The molecular weight excluding hydrogens is 270 g/mol. The zero-order valence-electron chi connectivity index (χ0n) is 10.2. The predicted octanol–water partition coefficient (Wildman–Crippen LogP) is 1.98. The molecule has 1 aromatic rings. The van der Waals surface area contributed by atoms with Crippen LogP contribution in [0.15, 0.2) is 0 Å². The monoisotopic (exact) mass is 289 g/mol. The van der Waals surface area contributed by atoms with E-state index in [2.05, 4.69) is 24.3 Å². The van der Waals surface area contributed by atoms with Crippen molar-refractivity contribution >= 4 is 34.9 Å². The van der Waals surface area contributed by atoms with Crippen LogP contribution in [0.25, 0.3) is 0 Å². The van der Waals surface area contributed by atoms with E-state index in [4.69, 9.17) is 5.84 Å². The van der Waals surface area contributed by atoms with Crippen molar-refractivity contribution in [2.45, 2.75) is 31.6 Å².